The summed E-state index contributed by atoms with van der Waals surface area (Å²) in [6.07, 6.45) is 0. The van der Waals surface area contributed by atoms with Crippen LogP contribution in [-0.2, 0) is 4.74 Å². The summed E-state index contributed by atoms with van der Waals surface area (Å²) in [5.41, 5.74) is 3.24. The van der Waals surface area contributed by atoms with Crippen LogP contribution in [0.15, 0.2) is 59.6 Å². The third-order valence-corrected chi connectivity index (χ3v) is 2.85. The Morgan fingerprint density at radius 3 is 2.45 bits per heavy atom. The third-order valence-electron chi connectivity index (χ3n) is 2.85. The fourth-order valence-electron chi connectivity index (χ4n) is 1.85. The zero-order valence-corrected chi connectivity index (χ0v) is 11.7. The predicted octanol–water partition coefficient (Wildman–Crippen LogP) is 4.00. The topological polar surface area (TPSA) is 38.7 Å². The first-order valence-corrected chi connectivity index (χ1v) is 6.58. The molecule has 0 aliphatic carbocycles. The first-order valence-electron chi connectivity index (χ1n) is 6.58. The fraction of sp³-hybridized carbons (Fsp3) is 0.176. The van der Waals surface area contributed by atoms with Gasteiger partial charge in [0.2, 0.25) is 0 Å². The highest BCUT2D eigenvalue weighted by Gasteiger charge is 2.06. The lowest BCUT2D eigenvalue weighted by Crippen LogP contribution is -2.04. The summed E-state index contributed by atoms with van der Waals surface area (Å²) >= 11 is 0. The molecule has 0 radical (unpaired) electrons. The van der Waals surface area contributed by atoms with Crippen LogP contribution < -0.4 is 0 Å². The number of benzene rings is 2. The maximum atomic E-state index is 11.7. The number of hydrogen-bond donors (Lipinski definition) is 0. The van der Waals surface area contributed by atoms with Gasteiger partial charge in [-0.15, -0.1) is 0 Å². The largest absolute Gasteiger partial charge is 0.462 e. The summed E-state index contributed by atoms with van der Waals surface area (Å²) in [5, 5.41) is 0. The summed E-state index contributed by atoms with van der Waals surface area (Å²) in [7, 11) is 0. The Labute approximate surface area is 118 Å². The van der Waals surface area contributed by atoms with Crippen LogP contribution in [0, 0.1) is 0 Å². The van der Waals surface area contributed by atoms with Crippen LogP contribution in [0.25, 0.3) is 0 Å². The molecule has 0 saturated heterocycles. The lowest BCUT2D eigenvalue weighted by atomic mass is 10.1. The second-order valence-electron chi connectivity index (χ2n) is 4.33. The summed E-state index contributed by atoms with van der Waals surface area (Å²) in [5.74, 6) is -0.318. The van der Waals surface area contributed by atoms with Gasteiger partial charge in [-0.2, -0.15) is 0 Å². The number of aliphatic imine (C=N–C) groups is 1. The van der Waals surface area contributed by atoms with Crippen LogP contribution in [0.3, 0.4) is 0 Å². The van der Waals surface area contributed by atoms with Crippen molar-refractivity contribution >= 4 is 17.4 Å². The van der Waals surface area contributed by atoms with Crippen molar-refractivity contribution in [3.8, 4) is 0 Å². The van der Waals surface area contributed by atoms with Gasteiger partial charge in [-0.05, 0) is 37.6 Å². The van der Waals surface area contributed by atoms with Gasteiger partial charge in [0.1, 0.15) is 0 Å². The van der Waals surface area contributed by atoms with Gasteiger partial charge in [-0.25, -0.2) is 4.79 Å². The van der Waals surface area contributed by atoms with E-state index in [4.69, 9.17) is 4.74 Å². The van der Waals surface area contributed by atoms with Gasteiger partial charge in [-0.1, -0.05) is 36.4 Å². The smallest absolute Gasteiger partial charge is 0.338 e. The van der Waals surface area contributed by atoms with Crippen molar-refractivity contribution in [1.82, 2.24) is 0 Å². The standard InChI is InChI=1S/C17H17NO2/c1-3-20-17(19)15-10-7-11-16(12-15)18-13(2)14-8-5-4-6-9-14/h4-12H,3H2,1-2H3. The van der Waals surface area contributed by atoms with Crippen molar-refractivity contribution in [3.05, 3.63) is 65.7 Å². The molecule has 2 aromatic rings. The van der Waals surface area contributed by atoms with E-state index in [1.807, 2.05) is 49.4 Å². The van der Waals surface area contributed by atoms with Crippen LogP contribution in [-0.4, -0.2) is 18.3 Å². The van der Waals surface area contributed by atoms with Crippen LogP contribution in [0.2, 0.25) is 0 Å². The Kier molecular flexibility index (Phi) is 4.66. The van der Waals surface area contributed by atoms with E-state index < -0.39 is 0 Å². The van der Waals surface area contributed by atoms with Gasteiger partial charge >= 0.3 is 5.97 Å². The molecule has 3 heteroatoms. The molecule has 0 saturated carbocycles. The molecule has 102 valence electrons. The Morgan fingerprint density at radius 2 is 1.75 bits per heavy atom. The Morgan fingerprint density at radius 1 is 1.05 bits per heavy atom. The molecule has 0 heterocycles. The van der Waals surface area contributed by atoms with E-state index in [1.54, 1.807) is 19.1 Å². The predicted molar refractivity (Wildman–Crippen MR) is 80.7 cm³/mol. The zero-order chi connectivity index (χ0) is 14.4. The molecular formula is C17H17NO2. The van der Waals surface area contributed by atoms with Gasteiger partial charge in [0.05, 0.1) is 17.9 Å². The summed E-state index contributed by atoms with van der Waals surface area (Å²) in [6, 6.07) is 17.1. The van der Waals surface area contributed by atoms with Crippen LogP contribution in [0.5, 0.6) is 0 Å². The van der Waals surface area contributed by atoms with E-state index in [1.165, 1.54) is 0 Å². The maximum absolute atomic E-state index is 11.7. The number of esters is 1. The number of rotatable bonds is 4. The van der Waals surface area contributed by atoms with Crippen molar-refractivity contribution in [2.75, 3.05) is 6.61 Å². The number of carbonyl (C=O) groups is 1. The van der Waals surface area contributed by atoms with Crippen LogP contribution in [0.4, 0.5) is 5.69 Å². The van der Waals surface area contributed by atoms with E-state index in [0.29, 0.717) is 12.2 Å². The quantitative estimate of drug-likeness (QED) is 0.620. The van der Waals surface area contributed by atoms with Gasteiger partial charge in [-0.3, -0.25) is 4.99 Å². The molecule has 0 amide bonds. The van der Waals surface area contributed by atoms with E-state index in [2.05, 4.69) is 4.99 Å². The van der Waals surface area contributed by atoms with E-state index in [-0.39, 0.29) is 5.97 Å². The zero-order valence-electron chi connectivity index (χ0n) is 11.7. The monoisotopic (exact) mass is 267 g/mol. The molecule has 0 N–H and O–H groups in total. The van der Waals surface area contributed by atoms with E-state index in [9.17, 15) is 4.79 Å². The third kappa shape index (κ3) is 3.54. The Bertz CT molecular complexity index is 618. The average molecular weight is 267 g/mol. The van der Waals surface area contributed by atoms with E-state index in [0.717, 1.165) is 17.0 Å². The molecule has 0 bridgehead atoms. The molecule has 0 aliphatic rings. The molecule has 0 spiro atoms. The number of ether oxygens (including phenoxy) is 1. The first kappa shape index (κ1) is 14.0. The van der Waals surface area contributed by atoms with Crippen molar-refractivity contribution in [2.45, 2.75) is 13.8 Å². The molecule has 2 rings (SSSR count). The fourth-order valence-corrected chi connectivity index (χ4v) is 1.85. The average Bonchev–Trinajstić information content (AvgIpc) is 2.48. The minimum absolute atomic E-state index is 0.318. The molecule has 0 aromatic heterocycles. The SMILES string of the molecule is CCOC(=O)c1cccc(N=C(C)c2ccccc2)c1. The van der Waals surface area contributed by atoms with Crippen molar-refractivity contribution in [1.29, 1.82) is 0 Å². The highest BCUT2D eigenvalue weighted by Crippen LogP contribution is 2.17. The Balaban J connectivity index is 2.26. The maximum Gasteiger partial charge on any atom is 0.338 e. The summed E-state index contributed by atoms with van der Waals surface area (Å²) < 4.78 is 4.99. The van der Waals surface area contributed by atoms with Gasteiger partial charge < -0.3 is 4.74 Å². The Hall–Kier alpha value is -2.42. The lowest BCUT2D eigenvalue weighted by molar-refractivity contribution is 0.0526. The minimum Gasteiger partial charge on any atom is -0.462 e. The second-order valence-corrected chi connectivity index (χ2v) is 4.33. The van der Waals surface area contributed by atoms with E-state index >= 15 is 0 Å². The molecule has 0 atom stereocenters. The molecular weight excluding hydrogens is 250 g/mol. The van der Waals surface area contributed by atoms with Gasteiger partial charge in [0, 0.05) is 5.71 Å². The first-order chi connectivity index (χ1) is 9.70. The molecule has 2 aromatic carbocycles. The number of nitrogens with zero attached hydrogens (tertiary/aromatic N) is 1. The summed E-state index contributed by atoms with van der Waals surface area (Å²) in [6.45, 7) is 4.11. The number of carbonyl (C=O) groups excluding carboxylic acids is 1. The molecule has 0 fully saturated rings. The number of hydrogen-bond acceptors (Lipinski definition) is 3. The highest BCUT2D eigenvalue weighted by molar-refractivity contribution is 6.00. The normalized spacial score (nSPS) is 11.2. The van der Waals surface area contributed by atoms with Crippen molar-refractivity contribution < 1.29 is 9.53 Å². The molecule has 3 nitrogen and oxygen atoms in total. The van der Waals surface area contributed by atoms with Crippen LogP contribution in [0.1, 0.15) is 29.8 Å². The van der Waals surface area contributed by atoms with Crippen LogP contribution >= 0.6 is 0 Å². The minimum atomic E-state index is -0.318. The van der Waals surface area contributed by atoms with Gasteiger partial charge in [0.25, 0.3) is 0 Å². The lowest BCUT2D eigenvalue weighted by Gasteiger charge is -2.04. The summed E-state index contributed by atoms with van der Waals surface area (Å²) in [4.78, 5) is 16.2. The van der Waals surface area contributed by atoms with Gasteiger partial charge in [0.15, 0.2) is 0 Å². The van der Waals surface area contributed by atoms with Crippen molar-refractivity contribution in [2.24, 2.45) is 4.99 Å². The molecule has 20 heavy (non-hydrogen) atoms. The second kappa shape index (κ2) is 6.66. The van der Waals surface area contributed by atoms with Crippen molar-refractivity contribution in [3.63, 3.8) is 0 Å². The molecule has 0 aliphatic heterocycles. The molecule has 0 unspecified atom stereocenters. The highest BCUT2D eigenvalue weighted by atomic mass is 16.5.